The van der Waals surface area contributed by atoms with E-state index in [2.05, 4.69) is 0 Å². The second kappa shape index (κ2) is 9.07. The van der Waals surface area contributed by atoms with Crippen LogP contribution < -0.4 is 0 Å². The molecule has 0 unspecified atom stereocenters. The summed E-state index contributed by atoms with van der Waals surface area (Å²) in [6, 6.07) is 11.5. The fraction of sp³-hybridized carbons (Fsp3) is 0.105. The first-order valence-electron chi connectivity index (χ1n) is 8.24. The number of rotatable bonds is 6. The van der Waals surface area contributed by atoms with Gasteiger partial charge in [-0.25, -0.2) is 4.79 Å². The second-order valence-electron chi connectivity index (χ2n) is 5.95. The van der Waals surface area contributed by atoms with Crippen LogP contribution in [0.2, 0.25) is 0 Å². The van der Waals surface area contributed by atoms with Gasteiger partial charge in [0.15, 0.2) is 11.3 Å². The van der Waals surface area contributed by atoms with Crippen molar-refractivity contribution in [3.05, 3.63) is 85.5 Å². The Hall–Kier alpha value is -4.59. The molecule has 11 heteroatoms. The van der Waals surface area contributed by atoms with Crippen molar-refractivity contribution >= 4 is 29.0 Å². The third kappa shape index (κ3) is 4.45. The van der Waals surface area contributed by atoms with Crippen LogP contribution in [0.4, 0.5) is 11.4 Å². The summed E-state index contributed by atoms with van der Waals surface area (Å²) >= 11 is 0. The standard InChI is InChI=1S/C19H14N4O7/c1-21(2)18(24)14(11-20)17(12-7-3-5-9-15(12)22(26)27)30-19(25)13-8-4-6-10-16(13)23(28)29/h3-10H,1-2H3/b17-14-. The van der Waals surface area contributed by atoms with Crippen molar-refractivity contribution in [1.29, 1.82) is 5.26 Å². The number of nitro groups is 2. The third-order valence-corrected chi connectivity index (χ3v) is 3.82. The van der Waals surface area contributed by atoms with E-state index in [1.165, 1.54) is 44.4 Å². The molecule has 2 rings (SSSR count). The van der Waals surface area contributed by atoms with Crippen LogP contribution in [0, 0.1) is 31.6 Å². The van der Waals surface area contributed by atoms with Gasteiger partial charge in [-0.3, -0.25) is 25.0 Å². The largest absolute Gasteiger partial charge is 0.420 e. The van der Waals surface area contributed by atoms with E-state index in [9.17, 15) is 35.1 Å². The maximum Gasteiger partial charge on any atom is 0.350 e. The van der Waals surface area contributed by atoms with E-state index in [1.54, 1.807) is 6.07 Å². The van der Waals surface area contributed by atoms with Gasteiger partial charge in [-0.05, 0) is 12.1 Å². The van der Waals surface area contributed by atoms with Crippen LogP contribution in [0.25, 0.3) is 5.76 Å². The summed E-state index contributed by atoms with van der Waals surface area (Å²) in [4.78, 5) is 47.2. The SMILES string of the molecule is CN(C)C(=O)/C(C#N)=C(\OC(=O)c1ccccc1[N+](=O)[O-])c1ccccc1[N+](=O)[O-]. The highest BCUT2D eigenvalue weighted by atomic mass is 16.6. The molecule has 30 heavy (non-hydrogen) atoms. The van der Waals surface area contributed by atoms with Crippen molar-refractivity contribution in [2.75, 3.05) is 14.1 Å². The number of carbonyl (C=O) groups is 2. The fourth-order valence-electron chi connectivity index (χ4n) is 2.44. The number of likely N-dealkylation sites (N-methyl/N-ethyl adjacent to an activating group) is 1. The van der Waals surface area contributed by atoms with Crippen molar-refractivity contribution in [2.45, 2.75) is 0 Å². The molecule has 2 aromatic rings. The van der Waals surface area contributed by atoms with Gasteiger partial charge in [0.05, 0.1) is 15.4 Å². The van der Waals surface area contributed by atoms with E-state index in [0.717, 1.165) is 23.1 Å². The van der Waals surface area contributed by atoms with Gasteiger partial charge in [0.1, 0.15) is 11.6 Å². The van der Waals surface area contributed by atoms with E-state index < -0.39 is 50.0 Å². The van der Waals surface area contributed by atoms with Gasteiger partial charge >= 0.3 is 5.97 Å². The van der Waals surface area contributed by atoms with Crippen LogP contribution in [0.15, 0.2) is 54.1 Å². The number of nitro benzene ring substituents is 2. The Balaban J connectivity index is 2.72. The summed E-state index contributed by atoms with van der Waals surface area (Å²) in [7, 11) is 2.67. The maximum atomic E-state index is 12.7. The molecule has 0 aliphatic heterocycles. The number of nitriles is 1. The van der Waals surface area contributed by atoms with Gasteiger partial charge in [-0.1, -0.05) is 24.3 Å². The van der Waals surface area contributed by atoms with E-state index in [4.69, 9.17) is 4.74 Å². The summed E-state index contributed by atoms with van der Waals surface area (Å²) in [6.45, 7) is 0. The normalized spacial score (nSPS) is 11.0. The molecule has 0 spiro atoms. The number of esters is 1. The first kappa shape index (κ1) is 21.7. The molecule has 11 nitrogen and oxygen atoms in total. The molecule has 152 valence electrons. The monoisotopic (exact) mass is 410 g/mol. The number of amides is 1. The zero-order valence-corrected chi connectivity index (χ0v) is 15.8. The van der Waals surface area contributed by atoms with E-state index in [0.29, 0.717) is 0 Å². The Bertz CT molecular complexity index is 1120. The molecule has 0 saturated carbocycles. The molecule has 0 atom stereocenters. The highest BCUT2D eigenvalue weighted by Gasteiger charge is 2.30. The lowest BCUT2D eigenvalue weighted by Crippen LogP contribution is -2.25. The maximum absolute atomic E-state index is 12.7. The number of para-hydroxylation sites is 2. The third-order valence-electron chi connectivity index (χ3n) is 3.82. The van der Waals surface area contributed by atoms with Gasteiger partial charge in [0, 0.05) is 26.2 Å². The Kier molecular flexibility index (Phi) is 6.56. The zero-order valence-electron chi connectivity index (χ0n) is 15.8. The molecule has 2 aromatic carbocycles. The van der Waals surface area contributed by atoms with Gasteiger partial charge in [0.25, 0.3) is 17.3 Å². The molecule has 0 aliphatic carbocycles. The smallest absolute Gasteiger partial charge is 0.350 e. The second-order valence-corrected chi connectivity index (χ2v) is 5.95. The van der Waals surface area contributed by atoms with Crippen molar-refractivity contribution in [1.82, 2.24) is 4.90 Å². The van der Waals surface area contributed by atoms with Crippen LogP contribution in [-0.2, 0) is 9.53 Å². The molecular formula is C19H14N4O7. The molecule has 1 amide bonds. The van der Waals surface area contributed by atoms with Crippen molar-refractivity contribution < 1.29 is 24.2 Å². The Morgan fingerprint density at radius 2 is 1.40 bits per heavy atom. The molecule has 0 aliphatic rings. The number of hydrogen-bond acceptors (Lipinski definition) is 8. The molecule has 0 radical (unpaired) electrons. The minimum Gasteiger partial charge on any atom is -0.420 e. The first-order valence-corrected chi connectivity index (χ1v) is 8.24. The Morgan fingerprint density at radius 3 is 1.87 bits per heavy atom. The minimum absolute atomic E-state index is 0.304. The summed E-state index contributed by atoms with van der Waals surface area (Å²) in [5.74, 6) is -2.80. The summed E-state index contributed by atoms with van der Waals surface area (Å²) in [5.41, 5.74) is -2.53. The summed E-state index contributed by atoms with van der Waals surface area (Å²) in [5, 5.41) is 32.1. The van der Waals surface area contributed by atoms with Crippen molar-refractivity contribution in [2.24, 2.45) is 0 Å². The lowest BCUT2D eigenvalue weighted by atomic mass is 10.1. The highest BCUT2D eigenvalue weighted by Crippen LogP contribution is 2.31. The van der Waals surface area contributed by atoms with E-state index >= 15 is 0 Å². The number of carbonyl (C=O) groups excluding carboxylic acids is 2. The molecular weight excluding hydrogens is 396 g/mol. The number of nitrogens with zero attached hydrogens (tertiary/aromatic N) is 4. The summed E-state index contributed by atoms with van der Waals surface area (Å²) < 4.78 is 5.19. The van der Waals surface area contributed by atoms with Gasteiger partial charge in [-0.15, -0.1) is 0 Å². The molecule has 0 aromatic heterocycles. The molecule has 0 N–H and O–H groups in total. The van der Waals surface area contributed by atoms with Crippen molar-refractivity contribution in [3.63, 3.8) is 0 Å². The Labute approximate surface area is 169 Å². The van der Waals surface area contributed by atoms with Crippen LogP contribution in [0.3, 0.4) is 0 Å². The van der Waals surface area contributed by atoms with Crippen LogP contribution in [-0.4, -0.2) is 40.7 Å². The Morgan fingerprint density at radius 1 is 0.933 bits per heavy atom. The summed E-state index contributed by atoms with van der Waals surface area (Å²) in [6.07, 6.45) is 0. The number of benzene rings is 2. The lowest BCUT2D eigenvalue weighted by Gasteiger charge is -2.14. The van der Waals surface area contributed by atoms with E-state index in [-0.39, 0.29) is 5.56 Å². The molecule has 0 bridgehead atoms. The molecule has 0 fully saturated rings. The average molecular weight is 410 g/mol. The van der Waals surface area contributed by atoms with Crippen LogP contribution >= 0.6 is 0 Å². The topological polar surface area (TPSA) is 157 Å². The van der Waals surface area contributed by atoms with Crippen LogP contribution in [0.1, 0.15) is 15.9 Å². The predicted octanol–water partition coefficient (Wildman–Crippen LogP) is 2.68. The first-order chi connectivity index (χ1) is 14.2. The quantitative estimate of drug-likeness (QED) is 0.176. The van der Waals surface area contributed by atoms with Gasteiger partial charge in [0.2, 0.25) is 0 Å². The highest BCUT2D eigenvalue weighted by molar-refractivity contribution is 6.07. The van der Waals surface area contributed by atoms with Gasteiger partial charge in [-0.2, -0.15) is 5.26 Å². The van der Waals surface area contributed by atoms with Crippen molar-refractivity contribution in [3.8, 4) is 6.07 Å². The fourth-order valence-corrected chi connectivity index (χ4v) is 2.44. The molecule has 0 saturated heterocycles. The zero-order chi connectivity index (χ0) is 22.4. The molecule has 0 heterocycles. The van der Waals surface area contributed by atoms with Gasteiger partial charge < -0.3 is 9.64 Å². The predicted molar refractivity (Wildman–Crippen MR) is 103 cm³/mol. The van der Waals surface area contributed by atoms with Crippen LogP contribution in [0.5, 0.6) is 0 Å². The lowest BCUT2D eigenvalue weighted by molar-refractivity contribution is -0.385. The number of hydrogen-bond donors (Lipinski definition) is 0. The minimum atomic E-state index is -1.25. The van der Waals surface area contributed by atoms with E-state index in [1.807, 2.05) is 0 Å². The number of ether oxygens (including phenoxy) is 1. The average Bonchev–Trinajstić information content (AvgIpc) is 2.73.